The minimum absolute atomic E-state index is 0.577. The lowest BCUT2D eigenvalue weighted by molar-refractivity contribution is 0.398. The average Bonchev–Trinajstić information content (AvgIpc) is 2.18. The Balaban J connectivity index is 2.46. The zero-order chi connectivity index (χ0) is 10.4. The van der Waals surface area contributed by atoms with Crippen LogP contribution < -0.4 is 10.1 Å². The minimum Gasteiger partial charge on any atom is -0.481 e. The number of anilines is 1. The molecule has 1 rings (SSSR count). The fraction of sp³-hybridized carbons (Fsp3) is 0.444. The van der Waals surface area contributed by atoms with Crippen molar-refractivity contribution in [1.82, 2.24) is 4.98 Å². The number of hydrogen-bond donors (Lipinski definition) is 1. The summed E-state index contributed by atoms with van der Waals surface area (Å²) in [5, 5.41) is 3.14. The van der Waals surface area contributed by atoms with Gasteiger partial charge >= 0.3 is 0 Å². The highest BCUT2D eigenvalue weighted by molar-refractivity contribution is 7.84. The van der Waals surface area contributed by atoms with Crippen molar-refractivity contribution in [3.05, 3.63) is 18.3 Å². The lowest BCUT2D eigenvalue weighted by atomic mass is 10.4. The fourth-order valence-corrected chi connectivity index (χ4v) is 1.36. The molecule has 0 aliphatic carbocycles. The van der Waals surface area contributed by atoms with E-state index < -0.39 is 10.8 Å². The third-order valence-electron chi connectivity index (χ3n) is 1.66. The van der Waals surface area contributed by atoms with Crippen LogP contribution in [0.15, 0.2) is 18.3 Å². The molecule has 0 radical (unpaired) electrons. The molecule has 1 aromatic rings. The Bertz CT molecular complexity index is 317. The van der Waals surface area contributed by atoms with Crippen molar-refractivity contribution in [1.29, 1.82) is 0 Å². The molecule has 0 aliphatic rings. The van der Waals surface area contributed by atoms with E-state index in [1.165, 1.54) is 0 Å². The number of hydrogen-bond acceptors (Lipinski definition) is 4. The number of ether oxygens (including phenoxy) is 1. The molecule has 0 saturated carbocycles. The Morgan fingerprint density at radius 3 is 3.07 bits per heavy atom. The van der Waals surface area contributed by atoms with Gasteiger partial charge in [-0.25, -0.2) is 4.98 Å². The summed E-state index contributed by atoms with van der Waals surface area (Å²) in [4.78, 5) is 3.98. The summed E-state index contributed by atoms with van der Waals surface area (Å²) < 4.78 is 15.8. The van der Waals surface area contributed by atoms with Gasteiger partial charge in [-0.05, 0) is 6.07 Å². The summed E-state index contributed by atoms with van der Waals surface area (Å²) in [6, 6.07) is 3.65. The quantitative estimate of drug-likeness (QED) is 0.790. The second-order valence-corrected chi connectivity index (χ2v) is 4.35. The number of nitrogens with zero attached hydrogens (tertiary/aromatic N) is 1. The first kappa shape index (κ1) is 11.0. The van der Waals surface area contributed by atoms with E-state index in [9.17, 15) is 4.21 Å². The van der Waals surface area contributed by atoms with E-state index in [0.29, 0.717) is 18.2 Å². The van der Waals surface area contributed by atoms with Crippen molar-refractivity contribution in [2.24, 2.45) is 0 Å². The monoisotopic (exact) mass is 214 g/mol. The molecule has 0 bridgehead atoms. The van der Waals surface area contributed by atoms with E-state index in [-0.39, 0.29) is 0 Å². The van der Waals surface area contributed by atoms with Gasteiger partial charge in [0.15, 0.2) is 0 Å². The van der Waals surface area contributed by atoms with Gasteiger partial charge in [0.1, 0.15) is 0 Å². The highest BCUT2D eigenvalue weighted by Crippen LogP contribution is 2.12. The Morgan fingerprint density at radius 2 is 2.43 bits per heavy atom. The van der Waals surface area contributed by atoms with Crippen molar-refractivity contribution < 1.29 is 8.95 Å². The summed E-state index contributed by atoms with van der Waals surface area (Å²) in [6.07, 6.45) is 3.36. The third kappa shape index (κ3) is 3.74. The largest absolute Gasteiger partial charge is 0.481 e. The van der Waals surface area contributed by atoms with E-state index >= 15 is 0 Å². The van der Waals surface area contributed by atoms with Crippen LogP contribution in [0.5, 0.6) is 5.88 Å². The number of pyridine rings is 1. The van der Waals surface area contributed by atoms with Gasteiger partial charge in [0.25, 0.3) is 0 Å². The zero-order valence-electron chi connectivity index (χ0n) is 8.32. The van der Waals surface area contributed by atoms with Gasteiger partial charge in [-0.1, -0.05) is 0 Å². The summed E-state index contributed by atoms with van der Waals surface area (Å²) in [6.45, 7) is 0.691. The zero-order valence-corrected chi connectivity index (χ0v) is 9.13. The first-order valence-corrected chi connectivity index (χ1v) is 5.99. The van der Waals surface area contributed by atoms with E-state index in [4.69, 9.17) is 4.74 Å². The van der Waals surface area contributed by atoms with E-state index in [1.54, 1.807) is 25.6 Å². The molecule has 0 amide bonds. The summed E-state index contributed by atoms with van der Waals surface area (Å²) >= 11 is 0. The standard InChI is InChI=1S/C9H14N2O2S/c1-13-9-7-8(3-4-11-9)10-5-6-14(2)12/h3-4,7H,5-6H2,1-2H3,(H,10,11). The summed E-state index contributed by atoms with van der Waals surface area (Å²) in [7, 11) is 0.821. The van der Waals surface area contributed by atoms with E-state index in [2.05, 4.69) is 10.3 Å². The second-order valence-electron chi connectivity index (χ2n) is 2.79. The molecule has 1 heterocycles. The highest BCUT2D eigenvalue weighted by Gasteiger charge is 1.96. The lowest BCUT2D eigenvalue weighted by Gasteiger charge is -2.05. The van der Waals surface area contributed by atoms with Gasteiger partial charge in [-0.3, -0.25) is 4.21 Å². The maximum atomic E-state index is 10.8. The molecule has 1 atom stereocenters. The van der Waals surface area contributed by atoms with Crippen molar-refractivity contribution in [3.63, 3.8) is 0 Å². The number of rotatable bonds is 5. The van der Waals surface area contributed by atoms with Gasteiger partial charge in [0.2, 0.25) is 5.88 Å². The Morgan fingerprint density at radius 1 is 1.64 bits per heavy atom. The van der Waals surface area contributed by atoms with Crippen LogP contribution in [0, 0.1) is 0 Å². The molecule has 78 valence electrons. The third-order valence-corrected chi connectivity index (χ3v) is 2.44. The van der Waals surface area contributed by atoms with Crippen LogP contribution in [0.4, 0.5) is 5.69 Å². The first-order chi connectivity index (χ1) is 6.72. The molecule has 1 unspecified atom stereocenters. The molecule has 5 heteroatoms. The molecule has 0 aromatic carbocycles. The number of aromatic nitrogens is 1. The van der Waals surface area contributed by atoms with Crippen molar-refractivity contribution >= 4 is 16.5 Å². The topological polar surface area (TPSA) is 51.2 Å². The van der Waals surface area contributed by atoms with Gasteiger partial charge in [-0.2, -0.15) is 0 Å². The van der Waals surface area contributed by atoms with Crippen molar-refractivity contribution in [2.75, 3.05) is 31.0 Å². The number of nitrogens with one attached hydrogen (secondary N) is 1. The van der Waals surface area contributed by atoms with Crippen LogP contribution in [0.25, 0.3) is 0 Å². The molecular formula is C9H14N2O2S. The molecule has 0 saturated heterocycles. The molecule has 4 nitrogen and oxygen atoms in total. The molecule has 0 spiro atoms. The average molecular weight is 214 g/mol. The molecule has 0 aliphatic heterocycles. The van der Waals surface area contributed by atoms with E-state index in [0.717, 1.165) is 5.69 Å². The maximum Gasteiger partial charge on any atom is 0.214 e. The Labute approximate surface area is 86.1 Å². The van der Waals surface area contributed by atoms with Crippen LogP contribution in [0.2, 0.25) is 0 Å². The summed E-state index contributed by atoms with van der Waals surface area (Å²) in [5.74, 6) is 1.22. The van der Waals surface area contributed by atoms with E-state index in [1.807, 2.05) is 6.07 Å². The van der Waals surface area contributed by atoms with Gasteiger partial charge in [-0.15, -0.1) is 0 Å². The SMILES string of the molecule is COc1cc(NCCS(C)=O)ccn1. The van der Waals surface area contributed by atoms with Gasteiger partial charge in [0, 0.05) is 47.3 Å². The maximum absolute atomic E-state index is 10.8. The minimum atomic E-state index is -0.756. The van der Waals surface area contributed by atoms with Crippen molar-refractivity contribution in [2.45, 2.75) is 0 Å². The highest BCUT2D eigenvalue weighted by atomic mass is 32.2. The Hall–Kier alpha value is -1.10. The van der Waals surface area contributed by atoms with Crippen molar-refractivity contribution in [3.8, 4) is 5.88 Å². The van der Waals surface area contributed by atoms with Crippen LogP contribution in [0.3, 0.4) is 0 Å². The van der Waals surface area contributed by atoms with Crippen LogP contribution in [-0.2, 0) is 10.8 Å². The molecule has 1 aromatic heterocycles. The normalized spacial score (nSPS) is 12.1. The molecular weight excluding hydrogens is 200 g/mol. The first-order valence-electron chi connectivity index (χ1n) is 4.26. The molecule has 0 fully saturated rings. The Kier molecular flexibility index (Phi) is 4.39. The van der Waals surface area contributed by atoms with Gasteiger partial charge in [0.05, 0.1) is 7.11 Å². The smallest absolute Gasteiger partial charge is 0.214 e. The lowest BCUT2D eigenvalue weighted by Crippen LogP contribution is -2.09. The van der Waals surface area contributed by atoms with Crippen LogP contribution >= 0.6 is 0 Å². The number of methoxy groups -OCH3 is 1. The molecule has 1 N–H and O–H groups in total. The predicted molar refractivity (Wildman–Crippen MR) is 58.2 cm³/mol. The summed E-state index contributed by atoms with van der Waals surface area (Å²) in [5.41, 5.74) is 0.933. The predicted octanol–water partition coefficient (Wildman–Crippen LogP) is 0.881. The fourth-order valence-electron chi connectivity index (χ4n) is 0.970. The second kappa shape index (κ2) is 5.59. The van der Waals surface area contributed by atoms with Crippen LogP contribution in [0.1, 0.15) is 0 Å². The van der Waals surface area contributed by atoms with Gasteiger partial charge < -0.3 is 10.1 Å². The van der Waals surface area contributed by atoms with Crippen LogP contribution in [-0.4, -0.2) is 34.9 Å². The molecule has 14 heavy (non-hydrogen) atoms.